The van der Waals surface area contributed by atoms with Gasteiger partial charge in [-0.3, -0.25) is 0 Å². The molecule has 0 saturated carbocycles. The topological polar surface area (TPSA) is 49.6 Å². The molecule has 0 fully saturated rings. The zero-order valence-electron chi connectivity index (χ0n) is 6.64. The summed E-state index contributed by atoms with van der Waals surface area (Å²) in [6.07, 6.45) is 0. The Hall–Kier alpha value is -1.73. The minimum absolute atomic E-state index is 0.402. The average Bonchev–Trinajstić information content (AvgIpc) is 2.67. The Morgan fingerprint density at radius 1 is 1.23 bits per heavy atom. The van der Waals surface area contributed by atoms with Crippen LogP contribution >= 0.6 is 11.5 Å². The van der Waals surface area contributed by atoms with Crippen molar-refractivity contribution in [3.8, 4) is 17.5 Å². The van der Waals surface area contributed by atoms with Gasteiger partial charge < -0.3 is 0 Å². The molecule has 0 atom stereocenters. The van der Waals surface area contributed by atoms with Crippen LogP contribution in [-0.4, -0.2) is 9.36 Å². The van der Waals surface area contributed by atoms with E-state index in [1.54, 1.807) is 0 Å². The van der Waals surface area contributed by atoms with Gasteiger partial charge >= 0.3 is 0 Å². The molecule has 62 valence electrons. The third-order valence-electron chi connectivity index (χ3n) is 1.55. The third kappa shape index (κ3) is 1.55. The molecule has 1 aromatic heterocycles. The molecule has 3 nitrogen and oxygen atoms in total. The molecule has 1 heterocycles. The number of nitrogens with zero attached hydrogens (tertiary/aromatic N) is 3. The minimum Gasteiger partial charge on any atom is -0.204 e. The standard InChI is InChI=1S/C9H5N3S/c10-6-8-11-9(12-13-8)7-4-2-1-3-5-7/h1-5H. The van der Waals surface area contributed by atoms with Crippen molar-refractivity contribution in [3.05, 3.63) is 35.3 Å². The predicted molar refractivity (Wildman–Crippen MR) is 50.1 cm³/mol. The average molecular weight is 187 g/mol. The Kier molecular flexibility index (Phi) is 2.02. The van der Waals surface area contributed by atoms with E-state index >= 15 is 0 Å². The second-order valence-corrected chi connectivity index (χ2v) is 3.15. The summed E-state index contributed by atoms with van der Waals surface area (Å²) in [6.45, 7) is 0. The van der Waals surface area contributed by atoms with Gasteiger partial charge in [0.05, 0.1) is 0 Å². The summed E-state index contributed by atoms with van der Waals surface area (Å²) in [7, 11) is 0. The fraction of sp³-hybridized carbons (Fsp3) is 0. The molecule has 0 saturated heterocycles. The van der Waals surface area contributed by atoms with Crippen LogP contribution in [0, 0.1) is 11.3 Å². The maximum absolute atomic E-state index is 8.56. The number of hydrogen-bond acceptors (Lipinski definition) is 4. The first kappa shape index (κ1) is 7.90. The van der Waals surface area contributed by atoms with Gasteiger partial charge in [-0.05, 0) is 11.5 Å². The highest BCUT2D eigenvalue weighted by molar-refractivity contribution is 7.06. The monoisotopic (exact) mass is 187 g/mol. The molecule has 4 heteroatoms. The minimum atomic E-state index is 0.402. The van der Waals surface area contributed by atoms with Crippen molar-refractivity contribution in [3.63, 3.8) is 0 Å². The summed E-state index contributed by atoms with van der Waals surface area (Å²) >= 11 is 1.12. The Labute approximate surface area is 79.5 Å². The number of benzene rings is 1. The van der Waals surface area contributed by atoms with Gasteiger partial charge in [0.1, 0.15) is 6.07 Å². The first-order valence-electron chi connectivity index (χ1n) is 3.69. The van der Waals surface area contributed by atoms with Gasteiger partial charge in [-0.2, -0.15) is 9.64 Å². The molecule has 2 aromatic rings. The van der Waals surface area contributed by atoms with Gasteiger partial charge in [0.25, 0.3) is 0 Å². The molecule has 0 aliphatic heterocycles. The van der Waals surface area contributed by atoms with Gasteiger partial charge in [-0.1, -0.05) is 30.3 Å². The van der Waals surface area contributed by atoms with E-state index in [1.165, 1.54) is 0 Å². The number of rotatable bonds is 1. The fourth-order valence-electron chi connectivity index (χ4n) is 0.973. The number of nitriles is 1. The Bertz CT molecular complexity index is 441. The smallest absolute Gasteiger partial charge is 0.204 e. The van der Waals surface area contributed by atoms with Crippen LogP contribution in [0.3, 0.4) is 0 Å². The van der Waals surface area contributed by atoms with E-state index in [0.717, 1.165) is 17.1 Å². The summed E-state index contributed by atoms with van der Waals surface area (Å²) in [4.78, 5) is 4.05. The molecule has 1 aromatic carbocycles. The van der Waals surface area contributed by atoms with Crippen LogP contribution in [0.15, 0.2) is 30.3 Å². The van der Waals surface area contributed by atoms with E-state index in [1.807, 2.05) is 36.4 Å². The number of hydrogen-bond donors (Lipinski definition) is 0. The van der Waals surface area contributed by atoms with E-state index in [-0.39, 0.29) is 0 Å². The lowest BCUT2D eigenvalue weighted by molar-refractivity contribution is 1.29. The maximum atomic E-state index is 8.56. The van der Waals surface area contributed by atoms with Gasteiger partial charge in [0.2, 0.25) is 5.01 Å². The lowest BCUT2D eigenvalue weighted by Crippen LogP contribution is -1.78. The highest BCUT2D eigenvalue weighted by Gasteiger charge is 2.03. The largest absolute Gasteiger partial charge is 0.214 e. The third-order valence-corrected chi connectivity index (χ3v) is 2.17. The van der Waals surface area contributed by atoms with Crippen LogP contribution in [-0.2, 0) is 0 Å². The maximum Gasteiger partial charge on any atom is 0.214 e. The van der Waals surface area contributed by atoms with Crippen LogP contribution in [0.2, 0.25) is 0 Å². The highest BCUT2D eigenvalue weighted by Crippen LogP contribution is 2.16. The van der Waals surface area contributed by atoms with Crippen molar-refractivity contribution < 1.29 is 0 Å². The zero-order chi connectivity index (χ0) is 9.10. The molecule has 0 N–H and O–H groups in total. The van der Waals surface area contributed by atoms with Crippen molar-refractivity contribution in [2.75, 3.05) is 0 Å². The number of aromatic nitrogens is 2. The SMILES string of the molecule is N#Cc1nc(-c2ccccc2)ns1. The second-order valence-electron chi connectivity index (χ2n) is 2.40. The lowest BCUT2D eigenvalue weighted by atomic mass is 10.2. The fourth-order valence-corrected chi connectivity index (χ4v) is 1.46. The Morgan fingerprint density at radius 2 is 2.00 bits per heavy atom. The molecule has 13 heavy (non-hydrogen) atoms. The van der Waals surface area contributed by atoms with E-state index < -0.39 is 0 Å². The molecular weight excluding hydrogens is 182 g/mol. The highest BCUT2D eigenvalue weighted by atomic mass is 32.1. The molecule has 0 unspecified atom stereocenters. The lowest BCUT2D eigenvalue weighted by Gasteiger charge is -1.90. The summed E-state index contributed by atoms with van der Waals surface area (Å²) in [5, 5.41) is 8.96. The first-order valence-corrected chi connectivity index (χ1v) is 4.47. The van der Waals surface area contributed by atoms with Crippen molar-refractivity contribution in [1.82, 2.24) is 9.36 Å². The Balaban J connectivity index is 2.43. The Morgan fingerprint density at radius 3 is 2.62 bits per heavy atom. The van der Waals surface area contributed by atoms with E-state index in [0.29, 0.717) is 10.8 Å². The van der Waals surface area contributed by atoms with Crippen LogP contribution in [0.5, 0.6) is 0 Å². The van der Waals surface area contributed by atoms with E-state index in [4.69, 9.17) is 5.26 Å². The quantitative estimate of drug-likeness (QED) is 0.686. The van der Waals surface area contributed by atoms with Gasteiger partial charge in [-0.25, -0.2) is 4.98 Å². The molecule has 0 bridgehead atoms. The summed E-state index contributed by atoms with van der Waals surface area (Å²) in [6, 6.07) is 11.6. The van der Waals surface area contributed by atoms with Crippen molar-refractivity contribution in [2.24, 2.45) is 0 Å². The summed E-state index contributed by atoms with van der Waals surface area (Å²) in [5.41, 5.74) is 0.945. The predicted octanol–water partition coefficient (Wildman–Crippen LogP) is 2.08. The van der Waals surface area contributed by atoms with Crippen LogP contribution in [0.1, 0.15) is 5.01 Å². The molecule has 0 radical (unpaired) electrons. The molecular formula is C9H5N3S. The van der Waals surface area contributed by atoms with Crippen molar-refractivity contribution in [2.45, 2.75) is 0 Å². The van der Waals surface area contributed by atoms with Gasteiger partial charge in [0, 0.05) is 5.56 Å². The molecule has 0 aliphatic rings. The summed E-state index contributed by atoms with van der Waals surface area (Å²) < 4.78 is 4.07. The van der Waals surface area contributed by atoms with E-state index in [2.05, 4.69) is 9.36 Å². The van der Waals surface area contributed by atoms with Crippen molar-refractivity contribution in [1.29, 1.82) is 5.26 Å². The zero-order valence-corrected chi connectivity index (χ0v) is 7.45. The second kappa shape index (κ2) is 3.33. The molecule has 0 amide bonds. The van der Waals surface area contributed by atoms with Crippen LogP contribution < -0.4 is 0 Å². The molecule has 0 aliphatic carbocycles. The summed E-state index contributed by atoms with van der Waals surface area (Å²) in [5.74, 6) is 0.627. The molecule has 0 spiro atoms. The normalized spacial score (nSPS) is 9.46. The van der Waals surface area contributed by atoms with Gasteiger partial charge in [-0.15, -0.1) is 0 Å². The van der Waals surface area contributed by atoms with E-state index in [9.17, 15) is 0 Å². The van der Waals surface area contributed by atoms with Gasteiger partial charge in [0.15, 0.2) is 5.82 Å². The first-order chi connectivity index (χ1) is 6.40. The van der Waals surface area contributed by atoms with Crippen molar-refractivity contribution >= 4 is 11.5 Å². The van der Waals surface area contributed by atoms with Crippen LogP contribution in [0.4, 0.5) is 0 Å². The van der Waals surface area contributed by atoms with Crippen LogP contribution in [0.25, 0.3) is 11.4 Å². The molecule has 2 rings (SSSR count).